The minimum absolute atomic E-state index is 0.0421. The molecule has 2 aliphatic heterocycles. The van der Waals surface area contributed by atoms with Crippen LogP contribution in [-0.2, 0) is 20.7 Å². The van der Waals surface area contributed by atoms with Gasteiger partial charge in [-0.3, -0.25) is 14.5 Å². The second-order valence-electron chi connectivity index (χ2n) is 11.6. The Bertz CT molecular complexity index is 1020. The Kier molecular flexibility index (Phi) is 6.56. The highest BCUT2D eigenvalue weighted by atomic mass is 16.5. The molecular weight excluding hydrogens is 440 g/mol. The van der Waals surface area contributed by atoms with Gasteiger partial charge in [0.1, 0.15) is 6.10 Å². The van der Waals surface area contributed by atoms with Gasteiger partial charge in [-0.05, 0) is 60.6 Å². The number of rotatable bonds is 4. The van der Waals surface area contributed by atoms with E-state index in [1.165, 1.54) is 18.1 Å². The summed E-state index contributed by atoms with van der Waals surface area (Å²) in [4.78, 5) is 29.1. The number of benzene rings is 1. The molecule has 190 valence electrons. The highest BCUT2D eigenvalue weighted by Crippen LogP contribution is 2.51. The third-order valence-corrected chi connectivity index (χ3v) is 9.40. The second-order valence-corrected chi connectivity index (χ2v) is 11.6. The fourth-order valence-corrected chi connectivity index (χ4v) is 7.42. The molecule has 2 heterocycles. The van der Waals surface area contributed by atoms with Crippen LogP contribution in [0, 0.1) is 23.7 Å². The molecule has 0 bridgehead atoms. The van der Waals surface area contributed by atoms with Crippen molar-refractivity contribution >= 4 is 11.9 Å². The number of carbonyl (C=O) groups excluding carboxylic acids is 2. The van der Waals surface area contributed by atoms with Crippen LogP contribution < -0.4 is 0 Å². The molecule has 1 unspecified atom stereocenters. The maximum atomic E-state index is 13.1. The van der Waals surface area contributed by atoms with Crippen LogP contribution in [0.1, 0.15) is 64.1 Å². The highest BCUT2D eigenvalue weighted by Gasteiger charge is 2.53. The van der Waals surface area contributed by atoms with Gasteiger partial charge >= 0.3 is 5.97 Å². The number of nitrogens with zero attached hydrogens (tertiary/aromatic N) is 2. The molecule has 1 saturated carbocycles. The number of esters is 1. The van der Waals surface area contributed by atoms with Crippen molar-refractivity contribution in [2.24, 2.45) is 23.7 Å². The molecule has 1 aromatic rings. The number of piperazine rings is 1. The Morgan fingerprint density at radius 2 is 2.06 bits per heavy atom. The van der Waals surface area contributed by atoms with E-state index >= 15 is 0 Å². The average Bonchev–Trinajstić information content (AvgIpc) is 2.81. The quantitative estimate of drug-likeness (QED) is 0.525. The molecule has 1 saturated heterocycles. The second kappa shape index (κ2) is 9.36. The SMILES string of the molecule is CC(=O)O[C@@H]1C[C@@]2(O)[C@H](C)CC[C@@H]([C@H](C)CN3CC(=O)N4CCc5ccccc5C4C3)[C@H]2C=C1C. The summed E-state index contributed by atoms with van der Waals surface area (Å²) in [7, 11) is 0. The van der Waals surface area contributed by atoms with E-state index in [4.69, 9.17) is 4.74 Å². The molecular formula is C29H40N2O4. The van der Waals surface area contributed by atoms with Gasteiger partial charge in [-0.1, -0.05) is 44.2 Å². The molecule has 0 spiro atoms. The van der Waals surface area contributed by atoms with Crippen LogP contribution in [0.3, 0.4) is 0 Å². The van der Waals surface area contributed by atoms with Gasteiger partial charge in [-0.25, -0.2) is 0 Å². The fourth-order valence-electron chi connectivity index (χ4n) is 7.42. The average molecular weight is 481 g/mol. The van der Waals surface area contributed by atoms with Crippen molar-refractivity contribution in [1.82, 2.24) is 9.80 Å². The van der Waals surface area contributed by atoms with Crippen molar-refractivity contribution in [2.75, 3.05) is 26.2 Å². The topological polar surface area (TPSA) is 70.1 Å². The number of aliphatic hydroxyl groups is 1. The predicted molar refractivity (Wildman–Crippen MR) is 134 cm³/mol. The summed E-state index contributed by atoms with van der Waals surface area (Å²) in [6, 6.07) is 8.70. The van der Waals surface area contributed by atoms with Crippen LogP contribution in [0.15, 0.2) is 35.9 Å². The zero-order valence-electron chi connectivity index (χ0n) is 21.6. The molecule has 0 radical (unpaired) electrons. The van der Waals surface area contributed by atoms with E-state index in [-0.39, 0.29) is 35.9 Å². The largest absolute Gasteiger partial charge is 0.458 e. The van der Waals surface area contributed by atoms with Crippen LogP contribution in [0.4, 0.5) is 0 Å². The van der Waals surface area contributed by atoms with Gasteiger partial charge in [-0.15, -0.1) is 0 Å². The van der Waals surface area contributed by atoms with E-state index in [1.807, 2.05) is 6.92 Å². The van der Waals surface area contributed by atoms with E-state index in [9.17, 15) is 14.7 Å². The number of ether oxygens (including phenoxy) is 1. The normalized spacial score (nSPS) is 35.9. The van der Waals surface area contributed by atoms with E-state index < -0.39 is 5.60 Å². The lowest BCUT2D eigenvalue weighted by atomic mass is 9.57. The smallest absolute Gasteiger partial charge is 0.303 e. The summed E-state index contributed by atoms with van der Waals surface area (Å²) in [6.45, 7) is 10.9. The first-order valence-corrected chi connectivity index (χ1v) is 13.3. The van der Waals surface area contributed by atoms with E-state index in [0.717, 1.165) is 44.5 Å². The van der Waals surface area contributed by atoms with E-state index in [0.29, 0.717) is 24.8 Å². The van der Waals surface area contributed by atoms with Crippen molar-refractivity contribution in [1.29, 1.82) is 0 Å². The molecule has 6 heteroatoms. The molecule has 1 amide bonds. The summed E-state index contributed by atoms with van der Waals surface area (Å²) in [5.41, 5.74) is 2.84. The number of carbonyl (C=O) groups is 2. The highest BCUT2D eigenvalue weighted by molar-refractivity contribution is 5.80. The first-order chi connectivity index (χ1) is 16.7. The van der Waals surface area contributed by atoms with Crippen molar-refractivity contribution in [3.05, 3.63) is 47.0 Å². The zero-order valence-corrected chi connectivity index (χ0v) is 21.6. The van der Waals surface area contributed by atoms with Crippen LogP contribution >= 0.6 is 0 Å². The summed E-state index contributed by atoms with van der Waals surface area (Å²) in [5.74, 6) is 0.797. The van der Waals surface area contributed by atoms with E-state index in [2.05, 4.69) is 54.0 Å². The van der Waals surface area contributed by atoms with Gasteiger partial charge in [0.25, 0.3) is 0 Å². The molecule has 2 aliphatic carbocycles. The first-order valence-electron chi connectivity index (χ1n) is 13.3. The molecule has 5 rings (SSSR count). The minimum Gasteiger partial charge on any atom is -0.458 e. The fraction of sp³-hybridized carbons (Fsp3) is 0.655. The number of hydrogen-bond donors (Lipinski definition) is 1. The minimum atomic E-state index is -0.867. The number of fused-ring (bicyclic) bond motifs is 4. The summed E-state index contributed by atoms with van der Waals surface area (Å²) in [6.07, 6.45) is 5.29. The molecule has 4 aliphatic rings. The van der Waals surface area contributed by atoms with Crippen LogP contribution in [0.5, 0.6) is 0 Å². The third kappa shape index (κ3) is 4.44. The third-order valence-electron chi connectivity index (χ3n) is 9.40. The molecule has 35 heavy (non-hydrogen) atoms. The lowest BCUT2D eigenvalue weighted by Crippen LogP contribution is -2.58. The van der Waals surface area contributed by atoms with Crippen molar-refractivity contribution < 1.29 is 19.4 Å². The van der Waals surface area contributed by atoms with Gasteiger partial charge in [-0.2, -0.15) is 0 Å². The molecule has 7 atom stereocenters. The first kappa shape index (κ1) is 24.5. The molecule has 1 aromatic carbocycles. The Morgan fingerprint density at radius 1 is 1.29 bits per heavy atom. The van der Waals surface area contributed by atoms with Crippen LogP contribution in [0.2, 0.25) is 0 Å². The lowest BCUT2D eigenvalue weighted by Gasteiger charge is -2.53. The van der Waals surface area contributed by atoms with Gasteiger partial charge in [0.2, 0.25) is 5.91 Å². The summed E-state index contributed by atoms with van der Waals surface area (Å²) < 4.78 is 5.56. The van der Waals surface area contributed by atoms with E-state index in [1.54, 1.807) is 0 Å². The van der Waals surface area contributed by atoms with Crippen molar-refractivity contribution in [2.45, 2.75) is 71.1 Å². The van der Waals surface area contributed by atoms with Crippen molar-refractivity contribution in [3.63, 3.8) is 0 Å². The molecule has 6 nitrogen and oxygen atoms in total. The van der Waals surface area contributed by atoms with Crippen molar-refractivity contribution in [3.8, 4) is 0 Å². The summed E-state index contributed by atoms with van der Waals surface area (Å²) >= 11 is 0. The van der Waals surface area contributed by atoms with Gasteiger partial charge < -0.3 is 14.7 Å². The maximum Gasteiger partial charge on any atom is 0.303 e. The Labute approximate surface area is 209 Å². The van der Waals surface area contributed by atoms with Crippen LogP contribution in [0.25, 0.3) is 0 Å². The molecule has 2 fully saturated rings. The Hall–Kier alpha value is -2.18. The molecule has 1 N–H and O–H groups in total. The Balaban J connectivity index is 1.33. The monoisotopic (exact) mass is 480 g/mol. The zero-order chi connectivity index (χ0) is 24.9. The Morgan fingerprint density at radius 3 is 2.83 bits per heavy atom. The maximum absolute atomic E-state index is 13.1. The van der Waals surface area contributed by atoms with Gasteiger partial charge in [0.05, 0.1) is 18.2 Å². The molecule has 0 aromatic heterocycles. The number of amides is 1. The number of hydrogen-bond acceptors (Lipinski definition) is 5. The standard InChI is InChI=1S/C29H40N2O4/c1-18-13-25-23(10-9-20(3)29(25,34)14-27(18)35-21(4)32)19(2)15-30-16-26-24-8-6-5-7-22(24)11-12-31(26)28(33)17-30/h5-8,13,19-20,23,25-27,34H,9-12,14-17H2,1-4H3/t19-,20-,23+,25-,26?,27-,29-/m1/s1. The summed E-state index contributed by atoms with van der Waals surface area (Å²) in [5, 5.41) is 11.9. The lowest BCUT2D eigenvalue weighted by molar-refractivity contribution is -0.160. The predicted octanol–water partition coefficient (Wildman–Crippen LogP) is 3.74. The van der Waals surface area contributed by atoms with Gasteiger partial charge in [0, 0.05) is 38.9 Å². The van der Waals surface area contributed by atoms with Gasteiger partial charge in [0.15, 0.2) is 0 Å². The van der Waals surface area contributed by atoms with Crippen LogP contribution in [-0.4, -0.2) is 64.7 Å².